The molecular formula is C89H142O16P2. The Bertz CT molecular complexity index is 2770. The van der Waals surface area contributed by atoms with Gasteiger partial charge in [0.25, 0.3) is 0 Å². The third kappa shape index (κ3) is 81.0. The first-order valence-corrected chi connectivity index (χ1v) is 43.4. The van der Waals surface area contributed by atoms with Crippen LogP contribution in [0.15, 0.2) is 207 Å². The second-order valence-electron chi connectivity index (χ2n) is 26.1. The first-order chi connectivity index (χ1) is 52.2. The molecule has 0 aromatic rings. The molecule has 107 heavy (non-hydrogen) atoms. The summed E-state index contributed by atoms with van der Waals surface area (Å²) in [4.78, 5) is 58.7. The number of carbonyl (C=O) groups is 3. The summed E-state index contributed by atoms with van der Waals surface area (Å²) >= 11 is 0. The average Bonchev–Trinajstić information content (AvgIpc) is 0.929. The van der Waals surface area contributed by atoms with E-state index in [4.69, 9.17) is 32.3 Å². The zero-order chi connectivity index (χ0) is 78.0. The average molecular weight is 1530 g/mol. The topological polar surface area (TPSA) is 231 Å². The van der Waals surface area contributed by atoms with Gasteiger partial charge < -0.3 is 34.2 Å². The van der Waals surface area contributed by atoms with Crippen LogP contribution in [0.4, 0.5) is 0 Å². The second kappa shape index (κ2) is 79.7. The molecule has 5 unspecified atom stereocenters. The van der Waals surface area contributed by atoms with Gasteiger partial charge in [-0.05, 0) is 167 Å². The molecule has 0 radical (unpaired) electrons. The lowest BCUT2D eigenvalue weighted by Crippen LogP contribution is -2.30. The van der Waals surface area contributed by atoms with Crippen molar-refractivity contribution < 1.29 is 75.8 Å². The van der Waals surface area contributed by atoms with Gasteiger partial charge in [0.15, 0.2) is 6.10 Å². The van der Waals surface area contributed by atoms with Crippen LogP contribution < -0.4 is 0 Å². The van der Waals surface area contributed by atoms with Gasteiger partial charge in [-0.15, -0.1) is 0 Å². The SMILES string of the molecule is CC/C=C\C/C=C\C/C=C\C/C=C\C/C=C\C/C=C\CCCCC(=O)OCC(COP(=O)(O)OCC(O)COP(=O)(O)OCC(O)COC(=O)CCCCCCCCCCCCCCC/C=C\C/C=C\C/C=C\C/C=C\C/C=C\CC)OC(=O)CCCC/C=C\C/C=C\C/C=C\C/C=C\C/C=C\C/C=C\CC. The first kappa shape index (κ1) is 101. The number of unbranched alkanes of at least 4 members (excludes halogenated alkanes) is 17. The van der Waals surface area contributed by atoms with E-state index in [-0.39, 0.29) is 19.3 Å². The maximum Gasteiger partial charge on any atom is 0.472 e. The smallest absolute Gasteiger partial charge is 0.463 e. The normalized spacial score (nSPS) is 15.0. The van der Waals surface area contributed by atoms with E-state index in [9.17, 15) is 43.5 Å². The van der Waals surface area contributed by atoms with Crippen molar-refractivity contribution in [3.05, 3.63) is 207 Å². The number of esters is 3. The van der Waals surface area contributed by atoms with Crippen LogP contribution in [0.2, 0.25) is 0 Å². The number of phosphoric acid groups is 2. The Morgan fingerprint density at radius 2 is 0.467 bits per heavy atom. The van der Waals surface area contributed by atoms with Crippen molar-refractivity contribution >= 4 is 33.6 Å². The number of phosphoric ester groups is 2. The van der Waals surface area contributed by atoms with Crippen molar-refractivity contribution in [2.45, 2.75) is 296 Å². The van der Waals surface area contributed by atoms with E-state index in [0.717, 1.165) is 154 Å². The van der Waals surface area contributed by atoms with Gasteiger partial charge in [-0.2, -0.15) is 0 Å². The highest BCUT2D eigenvalue weighted by molar-refractivity contribution is 7.47. The summed E-state index contributed by atoms with van der Waals surface area (Å²) in [7, 11) is -9.84. The van der Waals surface area contributed by atoms with E-state index < -0.39 is 91.5 Å². The molecule has 4 N–H and O–H groups in total. The number of hydrogen-bond acceptors (Lipinski definition) is 14. The Morgan fingerprint density at radius 1 is 0.262 bits per heavy atom. The summed E-state index contributed by atoms with van der Waals surface area (Å²) < 4.78 is 61.1. The molecule has 0 saturated heterocycles. The zero-order valence-corrected chi connectivity index (χ0v) is 67.8. The number of carbonyl (C=O) groups excluding carboxylic acids is 3. The van der Waals surface area contributed by atoms with E-state index in [1.165, 1.54) is 57.8 Å². The van der Waals surface area contributed by atoms with Crippen molar-refractivity contribution in [2.24, 2.45) is 0 Å². The van der Waals surface area contributed by atoms with Crippen molar-refractivity contribution in [1.82, 2.24) is 0 Å². The Kier molecular flexibility index (Phi) is 75.3. The maximum absolute atomic E-state index is 13.0. The van der Waals surface area contributed by atoms with Crippen LogP contribution in [0.25, 0.3) is 0 Å². The lowest BCUT2D eigenvalue weighted by atomic mass is 10.0. The number of aliphatic hydroxyl groups excluding tert-OH is 2. The van der Waals surface area contributed by atoms with Crippen molar-refractivity contribution in [3.8, 4) is 0 Å². The predicted molar refractivity (Wildman–Crippen MR) is 444 cm³/mol. The lowest BCUT2D eigenvalue weighted by Gasteiger charge is -2.21. The summed E-state index contributed by atoms with van der Waals surface area (Å²) in [5, 5.41) is 20.7. The third-order valence-electron chi connectivity index (χ3n) is 16.0. The van der Waals surface area contributed by atoms with Crippen LogP contribution >= 0.6 is 15.6 Å². The fraction of sp³-hybridized carbons (Fsp3) is 0.584. The molecule has 0 rings (SSSR count). The van der Waals surface area contributed by atoms with Crippen molar-refractivity contribution in [2.75, 3.05) is 39.6 Å². The molecule has 0 fully saturated rings. The first-order valence-electron chi connectivity index (χ1n) is 40.4. The monoisotopic (exact) mass is 1530 g/mol. The fourth-order valence-electron chi connectivity index (χ4n) is 9.96. The second-order valence-corrected chi connectivity index (χ2v) is 29.0. The zero-order valence-electron chi connectivity index (χ0n) is 66.0. The molecule has 18 heteroatoms. The molecule has 0 aromatic heterocycles. The Hall–Kier alpha value is -5.87. The molecule has 0 heterocycles. The summed E-state index contributed by atoms with van der Waals surface area (Å²) in [6.07, 6.45) is 106. The van der Waals surface area contributed by atoms with Crippen LogP contribution in [0.3, 0.4) is 0 Å². The third-order valence-corrected chi connectivity index (χ3v) is 17.9. The fourth-order valence-corrected chi connectivity index (χ4v) is 11.5. The number of hydrogen-bond donors (Lipinski definition) is 4. The van der Waals surface area contributed by atoms with Gasteiger partial charge in [0.05, 0.1) is 26.4 Å². The minimum absolute atomic E-state index is 0.0305. The molecule has 0 amide bonds. The van der Waals surface area contributed by atoms with E-state index in [0.29, 0.717) is 25.7 Å². The van der Waals surface area contributed by atoms with Gasteiger partial charge in [0, 0.05) is 19.3 Å². The van der Waals surface area contributed by atoms with Crippen LogP contribution in [0.5, 0.6) is 0 Å². The molecule has 0 aliphatic heterocycles. The van der Waals surface area contributed by atoms with Gasteiger partial charge in [0.1, 0.15) is 25.4 Å². The number of rotatable bonds is 74. The molecular weight excluding hydrogens is 1390 g/mol. The van der Waals surface area contributed by atoms with Gasteiger partial charge in [0.2, 0.25) is 0 Å². The Morgan fingerprint density at radius 3 is 0.757 bits per heavy atom. The highest BCUT2D eigenvalue weighted by Crippen LogP contribution is 2.45. The molecule has 0 aliphatic carbocycles. The molecule has 0 aliphatic rings. The number of ether oxygens (including phenoxy) is 3. The molecule has 5 atom stereocenters. The van der Waals surface area contributed by atoms with E-state index in [1.807, 2.05) is 0 Å². The molecule has 16 nitrogen and oxygen atoms in total. The lowest BCUT2D eigenvalue weighted by molar-refractivity contribution is -0.161. The van der Waals surface area contributed by atoms with Crippen LogP contribution in [0, 0.1) is 0 Å². The van der Waals surface area contributed by atoms with Crippen molar-refractivity contribution in [3.63, 3.8) is 0 Å². The Labute approximate surface area is 648 Å². The molecule has 0 aromatic carbocycles. The van der Waals surface area contributed by atoms with Gasteiger partial charge in [-0.1, -0.05) is 298 Å². The van der Waals surface area contributed by atoms with Crippen molar-refractivity contribution in [1.29, 1.82) is 0 Å². The number of allylic oxidation sites excluding steroid dienone is 34. The van der Waals surface area contributed by atoms with E-state index >= 15 is 0 Å². The van der Waals surface area contributed by atoms with Crippen LogP contribution in [0.1, 0.15) is 278 Å². The quantitative estimate of drug-likeness (QED) is 0.0146. The van der Waals surface area contributed by atoms with E-state index in [2.05, 4.69) is 227 Å². The van der Waals surface area contributed by atoms with Crippen LogP contribution in [-0.4, -0.2) is 95.9 Å². The molecule has 0 spiro atoms. The summed E-state index contributed by atoms with van der Waals surface area (Å²) in [5.41, 5.74) is 0. The largest absolute Gasteiger partial charge is 0.472 e. The Balaban J connectivity index is 4.71. The van der Waals surface area contributed by atoms with Gasteiger partial charge in [-0.25, -0.2) is 9.13 Å². The van der Waals surface area contributed by atoms with Gasteiger partial charge >= 0.3 is 33.6 Å². The van der Waals surface area contributed by atoms with E-state index in [1.54, 1.807) is 0 Å². The highest BCUT2D eigenvalue weighted by atomic mass is 31.2. The van der Waals surface area contributed by atoms with Crippen LogP contribution in [-0.2, 0) is 55.8 Å². The summed E-state index contributed by atoms with van der Waals surface area (Å²) in [6.45, 7) is 2.21. The number of aliphatic hydroxyl groups is 2. The summed E-state index contributed by atoms with van der Waals surface area (Å²) in [6, 6.07) is 0. The standard InChI is InChI=1S/C89H142O16P2/c1-4-7-10-13-16-19-22-25-28-31-34-37-38-39-40-41-42-43-44-47-49-51-54-57-60-63-66-69-72-75-87(92)99-78-84(90)79-101-106(95,96)102-80-85(91)81-103-107(97,98)104-83-86(105-89(94)77-74-71-68-65-62-59-56-53-50-46-36-33-30-27-24-21-18-15-12-9-6-3)82-100-88(93)76-73-70-67-64-61-58-55-52-48-45-35-32-29-26-23-20-17-14-11-8-5-2/h7-12,16-21,25-30,34-37,39-40,45-46,52-53,55-56,61-62,64-65,84-86,90-91H,4-6,13-15,22-24,31-33,38,41-44,47-51,54,57-60,63,66-83H2,1-3H3,(H,95,96)(H,97,98)/b10-7-,11-8-,12-9-,19-16-,20-17-,21-18-,28-25-,29-26-,30-27-,37-34-,40-39-,45-35-,46-36-,55-52-,56-53-,64-61-,65-62-. The molecule has 0 saturated carbocycles. The minimum atomic E-state index is -4.97. The van der Waals surface area contributed by atoms with Gasteiger partial charge in [-0.3, -0.25) is 32.5 Å². The summed E-state index contributed by atoms with van der Waals surface area (Å²) in [5.74, 6) is -1.69. The molecule has 604 valence electrons. The maximum atomic E-state index is 13.0. The minimum Gasteiger partial charge on any atom is -0.463 e. The predicted octanol–water partition coefficient (Wildman–Crippen LogP) is 24.1. The molecule has 0 bridgehead atoms. The highest BCUT2D eigenvalue weighted by Gasteiger charge is 2.29.